The molecule has 7 rings (SSSR count). The number of hydrazine groups is 1. The number of carbonyl (C=O) groups is 3. The minimum atomic E-state index is -4.80. The van der Waals surface area contributed by atoms with Crippen LogP contribution in [0.3, 0.4) is 0 Å². The number of hydrogen-bond acceptors (Lipinski definition) is 11. The van der Waals surface area contributed by atoms with E-state index in [0.29, 0.717) is 29.1 Å². The van der Waals surface area contributed by atoms with E-state index in [1.165, 1.54) is 29.3 Å². The average molecular weight is 953 g/mol. The quantitative estimate of drug-likeness (QED) is 0.128. The number of carbonyl (C=O) groups excluding carboxylic acids is 3. The first kappa shape index (κ1) is 49.1. The molecule has 2 fully saturated rings. The summed E-state index contributed by atoms with van der Waals surface area (Å²) in [4.78, 5) is 53.5. The SMILES string of the molecule is COC(C)c1ncc(N2CCN(CC(F)(F)F)CC2)cc1-c1c2c3cc(c(F)cc3n1CC(F)(F)F)-c1csc(n1)C[C@H](NC(=O)CC(C)C)C(=O)N1CCCC(N1)C(=O)OCC(C)(C)C2. The number of hydrogen-bond donors (Lipinski definition) is 2. The highest BCUT2D eigenvalue weighted by molar-refractivity contribution is 7.10. The summed E-state index contributed by atoms with van der Waals surface area (Å²) < 4.78 is 114. The van der Waals surface area contributed by atoms with Gasteiger partial charge in [0.1, 0.15) is 24.4 Å². The van der Waals surface area contributed by atoms with Gasteiger partial charge in [-0.2, -0.15) is 26.3 Å². The number of esters is 1. The molecular weight excluding hydrogens is 898 g/mol. The Kier molecular flexibility index (Phi) is 14.4. The molecule has 3 aromatic heterocycles. The number of amides is 2. The van der Waals surface area contributed by atoms with Crippen LogP contribution in [-0.4, -0.2) is 120 Å². The Bertz CT molecular complexity index is 2430. The number of methoxy groups -OCH3 is 1. The van der Waals surface area contributed by atoms with Crippen molar-refractivity contribution in [3.05, 3.63) is 51.9 Å². The summed E-state index contributed by atoms with van der Waals surface area (Å²) in [5, 5.41) is 6.35. The van der Waals surface area contributed by atoms with E-state index in [1.807, 2.05) is 18.7 Å². The van der Waals surface area contributed by atoms with Crippen LogP contribution in [0.25, 0.3) is 33.4 Å². The van der Waals surface area contributed by atoms with E-state index >= 15 is 4.39 Å². The molecule has 6 heterocycles. The lowest BCUT2D eigenvalue weighted by Crippen LogP contribution is -2.60. The standard InChI is InChI=1S/C45H55F7N8O5S/c1-25(2)14-37(61)54-34-18-38-55-35(21-66-38)29-16-28-31(19-43(4,5)24-65-42(63)33-8-7-9-60(56-33)41(34)62)40(59(23-45(50,51)52)36(28)17-32(29)46)30-15-27(20-53-39(30)26(3)64-6)58-12-10-57(11-13-58)22-44(47,48)49/h15-17,20-21,25-26,33-34,56H,7-14,18-19,22-24H2,1-6H3,(H,54,61)/t26?,33?,34-/m0/s1. The van der Waals surface area contributed by atoms with Gasteiger partial charge < -0.3 is 24.3 Å². The number of fused-ring (bicyclic) bond motifs is 6. The summed E-state index contributed by atoms with van der Waals surface area (Å²) in [7, 11) is 1.43. The van der Waals surface area contributed by atoms with Gasteiger partial charge in [-0.25, -0.2) is 14.8 Å². The lowest BCUT2D eigenvalue weighted by Gasteiger charge is -2.36. The number of pyridine rings is 1. The highest BCUT2D eigenvalue weighted by atomic mass is 32.1. The number of anilines is 1. The average Bonchev–Trinajstić information content (AvgIpc) is 3.81. The first-order chi connectivity index (χ1) is 31.0. The van der Waals surface area contributed by atoms with Crippen LogP contribution in [0.15, 0.2) is 29.8 Å². The smallest absolute Gasteiger partial charge is 0.406 e. The van der Waals surface area contributed by atoms with Gasteiger partial charge in [0.25, 0.3) is 5.91 Å². The number of thiazole rings is 1. The molecule has 0 spiro atoms. The fourth-order valence-electron chi connectivity index (χ4n) is 8.87. The number of piperazine rings is 1. The Morgan fingerprint density at radius 3 is 2.39 bits per heavy atom. The minimum Gasteiger partial charge on any atom is -0.464 e. The zero-order valence-corrected chi connectivity index (χ0v) is 38.5. The van der Waals surface area contributed by atoms with Crippen molar-refractivity contribution in [2.24, 2.45) is 11.3 Å². The molecule has 2 unspecified atom stereocenters. The molecule has 0 saturated carbocycles. The van der Waals surface area contributed by atoms with Gasteiger partial charge in [0.2, 0.25) is 5.91 Å². The van der Waals surface area contributed by atoms with E-state index in [0.717, 1.165) is 22.0 Å². The van der Waals surface area contributed by atoms with Crippen LogP contribution in [-0.2, 0) is 43.2 Å². The second-order valence-corrected chi connectivity index (χ2v) is 19.5. The fraction of sp³-hybridized carbons (Fsp3) is 0.578. The van der Waals surface area contributed by atoms with E-state index in [9.17, 15) is 40.7 Å². The van der Waals surface area contributed by atoms with Gasteiger partial charge in [-0.1, -0.05) is 27.7 Å². The van der Waals surface area contributed by atoms with Crippen molar-refractivity contribution >= 4 is 45.7 Å². The molecule has 13 nitrogen and oxygen atoms in total. The predicted octanol–water partition coefficient (Wildman–Crippen LogP) is 7.61. The van der Waals surface area contributed by atoms with Gasteiger partial charge in [0.05, 0.1) is 58.7 Å². The number of ether oxygens (including phenoxy) is 2. The van der Waals surface area contributed by atoms with Gasteiger partial charge in [0.15, 0.2) is 0 Å². The molecule has 3 atom stereocenters. The maximum absolute atomic E-state index is 16.7. The van der Waals surface area contributed by atoms with Crippen LogP contribution < -0.4 is 15.6 Å². The molecule has 2 amide bonds. The van der Waals surface area contributed by atoms with Crippen LogP contribution in [0, 0.1) is 17.2 Å². The lowest BCUT2D eigenvalue weighted by molar-refractivity contribution is -0.155. The van der Waals surface area contributed by atoms with Gasteiger partial charge in [-0.3, -0.25) is 29.3 Å². The predicted molar refractivity (Wildman–Crippen MR) is 234 cm³/mol. The number of rotatable bonds is 9. The number of cyclic esters (lactones) is 1. The normalized spacial score (nSPS) is 20.7. The summed E-state index contributed by atoms with van der Waals surface area (Å²) in [6.45, 7) is 6.94. The van der Waals surface area contributed by atoms with Crippen molar-refractivity contribution in [3.8, 4) is 22.5 Å². The molecular formula is C45H55F7N8O5S. The molecule has 0 radical (unpaired) electrons. The third-order valence-corrected chi connectivity index (χ3v) is 12.9. The largest absolute Gasteiger partial charge is 0.464 e. The topological polar surface area (TPSA) is 134 Å². The summed E-state index contributed by atoms with van der Waals surface area (Å²) in [5.74, 6) is -2.39. The fourth-order valence-corrected chi connectivity index (χ4v) is 9.71. The Balaban J connectivity index is 1.42. The second-order valence-electron chi connectivity index (χ2n) is 18.6. The summed E-state index contributed by atoms with van der Waals surface area (Å²) in [6, 6.07) is 2.14. The second kappa shape index (κ2) is 19.4. The highest BCUT2D eigenvalue weighted by Crippen LogP contribution is 2.45. The molecule has 6 bridgehead atoms. The lowest BCUT2D eigenvalue weighted by atomic mass is 9.84. The van der Waals surface area contributed by atoms with Crippen molar-refractivity contribution in [1.29, 1.82) is 0 Å². The van der Waals surface area contributed by atoms with E-state index in [4.69, 9.17) is 19.4 Å². The molecule has 360 valence electrons. The number of nitrogens with one attached hydrogen (secondary N) is 2. The highest BCUT2D eigenvalue weighted by Gasteiger charge is 2.39. The van der Waals surface area contributed by atoms with Gasteiger partial charge in [-0.15, -0.1) is 11.3 Å². The Morgan fingerprint density at radius 1 is 1.02 bits per heavy atom. The molecule has 2 saturated heterocycles. The number of halogens is 7. The number of benzene rings is 1. The minimum absolute atomic E-state index is 0.00592. The Hall–Kier alpha value is -4.86. The van der Waals surface area contributed by atoms with Crippen LogP contribution in [0.5, 0.6) is 0 Å². The molecule has 1 aromatic carbocycles. The summed E-state index contributed by atoms with van der Waals surface area (Å²) in [6.07, 6.45) is -7.57. The molecule has 3 aliphatic rings. The van der Waals surface area contributed by atoms with Crippen molar-refractivity contribution in [1.82, 2.24) is 35.2 Å². The van der Waals surface area contributed by atoms with E-state index in [1.54, 1.807) is 32.2 Å². The molecule has 66 heavy (non-hydrogen) atoms. The van der Waals surface area contributed by atoms with Crippen molar-refractivity contribution in [3.63, 3.8) is 0 Å². The first-order valence-corrected chi connectivity index (χ1v) is 22.8. The number of nitrogens with zero attached hydrogens (tertiary/aromatic N) is 6. The van der Waals surface area contributed by atoms with E-state index in [-0.39, 0.29) is 110 Å². The molecule has 21 heteroatoms. The molecule has 2 N–H and O–H groups in total. The van der Waals surface area contributed by atoms with Crippen LogP contribution in [0.2, 0.25) is 0 Å². The van der Waals surface area contributed by atoms with Crippen LogP contribution >= 0.6 is 11.3 Å². The van der Waals surface area contributed by atoms with E-state index < -0.39 is 66.7 Å². The molecule has 0 aliphatic carbocycles. The monoisotopic (exact) mass is 952 g/mol. The van der Waals surface area contributed by atoms with Crippen LogP contribution in [0.4, 0.5) is 36.4 Å². The van der Waals surface area contributed by atoms with Crippen molar-refractivity contribution in [2.45, 2.75) is 104 Å². The van der Waals surface area contributed by atoms with Gasteiger partial charge in [-0.05, 0) is 55.9 Å². The Morgan fingerprint density at radius 2 is 1.73 bits per heavy atom. The first-order valence-electron chi connectivity index (χ1n) is 22.0. The Labute approximate surface area is 382 Å². The number of alkyl halides is 6. The van der Waals surface area contributed by atoms with Crippen LogP contribution in [0.1, 0.15) is 76.3 Å². The van der Waals surface area contributed by atoms with Gasteiger partial charge in [0, 0.05) is 80.0 Å². The van der Waals surface area contributed by atoms with E-state index in [2.05, 4.69) is 10.7 Å². The molecule has 3 aliphatic heterocycles. The third-order valence-electron chi connectivity index (χ3n) is 12.1. The maximum atomic E-state index is 16.7. The van der Waals surface area contributed by atoms with Crippen molar-refractivity contribution in [2.75, 3.05) is 57.9 Å². The summed E-state index contributed by atoms with van der Waals surface area (Å²) in [5.41, 5.74) is 3.48. The third kappa shape index (κ3) is 11.4. The molecule has 4 aromatic rings. The number of aromatic nitrogens is 3. The zero-order valence-electron chi connectivity index (χ0n) is 37.7. The maximum Gasteiger partial charge on any atom is 0.406 e. The zero-order chi connectivity index (χ0) is 47.9. The summed E-state index contributed by atoms with van der Waals surface area (Å²) >= 11 is 1.13. The van der Waals surface area contributed by atoms with Gasteiger partial charge >= 0.3 is 18.3 Å². The van der Waals surface area contributed by atoms with Crippen molar-refractivity contribution < 1.29 is 54.6 Å².